The SMILES string of the molecule is CCNC(=O)c1nn(CC2CC2)c2c1CN(C(=O)CN1CCCC(c3ccccc3)C1)CC2. The molecule has 33 heavy (non-hydrogen) atoms. The highest BCUT2D eigenvalue weighted by molar-refractivity contribution is 5.94. The lowest BCUT2D eigenvalue weighted by Crippen LogP contribution is -2.45. The van der Waals surface area contributed by atoms with Crippen molar-refractivity contribution in [3.8, 4) is 0 Å². The molecule has 7 nitrogen and oxygen atoms in total. The van der Waals surface area contributed by atoms with Gasteiger partial charge >= 0.3 is 0 Å². The summed E-state index contributed by atoms with van der Waals surface area (Å²) in [6.07, 6.45) is 5.56. The number of amides is 2. The van der Waals surface area contributed by atoms with Gasteiger partial charge < -0.3 is 10.2 Å². The molecule has 1 saturated heterocycles. The summed E-state index contributed by atoms with van der Waals surface area (Å²) < 4.78 is 2.05. The quantitative estimate of drug-likeness (QED) is 0.706. The molecule has 3 heterocycles. The van der Waals surface area contributed by atoms with Crippen molar-refractivity contribution in [2.75, 3.05) is 32.7 Å². The Hall–Kier alpha value is -2.67. The second-order valence-electron chi connectivity index (χ2n) is 9.81. The molecular weight excluding hydrogens is 414 g/mol. The fourth-order valence-electron chi connectivity index (χ4n) is 5.31. The van der Waals surface area contributed by atoms with E-state index in [2.05, 4.69) is 45.2 Å². The molecule has 2 aliphatic heterocycles. The maximum Gasteiger partial charge on any atom is 0.272 e. The number of aromatic nitrogens is 2. The van der Waals surface area contributed by atoms with E-state index in [9.17, 15) is 9.59 Å². The lowest BCUT2D eigenvalue weighted by Gasteiger charge is -2.35. The van der Waals surface area contributed by atoms with Crippen LogP contribution in [0, 0.1) is 5.92 Å². The first-order valence-electron chi connectivity index (χ1n) is 12.5. The van der Waals surface area contributed by atoms with Gasteiger partial charge in [-0.3, -0.25) is 19.2 Å². The third-order valence-corrected chi connectivity index (χ3v) is 7.30. The molecular formula is C26H35N5O2. The highest BCUT2D eigenvalue weighted by Crippen LogP contribution is 2.33. The van der Waals surface area contributed by atoms with Gasteiger partial charge in [0.1, 0.15) is 0 Å². The van der Waals surface area contributed by atoms with Crippen molar-refractivity contribution in [1.29, 1.82) is 0 Å². The van der Waals surface area contributed by atoms with E-state index in [0.29, 0.717) is 43.7 Å². The van der Waals surface area contributed by atoms with Crippen molar-refractivity contribution < 1.29 is 9.59 Å². The molecule has 1 aromatic carbocycles. The van der Waals surface area contributed by atoms with Crippen LogP contribution in [0.2, 0.25) is 0 Å². The van der Waals surface area contributed by atoms with Crippen molar-refractivity contribution in [3.05, 3.63) is 52.8 Å². The summed E-state index contributed by atoms with van der Waals surface area (Å²) >= 11 is 0. The molecule has 0 radical (unpaired) electrons. The van der Waals surface area contributed by atoms with E-state index in [4.69, 9.17) is 5.10 Å². The molecule has 2 amide bonds. The molecule has 1 aromatic heterocycles. The number of fused-ring (bicyclic) bond motifs is 1. The minimum absolute atomic E-state index is 0.126. The summed E-state index contributed by atoms with van der Waals surface area (Å²) in [4.78, 5) is 30.2. The van der Waals surface area contributed by atoms with Crippen molar-refractivity contribution in [2.45, 2.75) is 58.0 Å². The van der Waals surface area contributed by atoms with Gasteiger partial charge in [-0.25, -0.2) is 0 Å². The van der Waals surface area contributed by atoms with Gasteiger partial charge in [0.05, 0.1) is 6.54 Å². The number of carbonyl (C=O) groups is 2. The van der Waals surface area contributed by atoms with Crippen LogP contribution in [0.1, 0.15) is 65.8 Å². The van der Waals surface area contributed by atoms with Gasteiger partial charge in [-0.1, -0.05) is 30.3 Å². The van der Waals surface area contributed by atoms with E-state index >= 15 is 0 Å². The Labute approximate surface area is 196 Å². The van der Waals surface area contributed by atoms with E-state index in [1.165, 1.54) is 24.8 Å². The Bertz CT molecular complexity index is 998. The average molecular weight is 450 g/mol. The van der Waals surface area contributed by atoms with Crippen molar-refractivity contribution in [2.24, 2.45) is 5.92 Å². The summed E-state index contributed by atoms with van der Waals surface area (Å²) in [5.41, 5.74) is 3.97. The topological polar surface area (TPSA) is 70.5 Å². The van der Waals surface area contributed by atoms with E-state index < -0.39 is 0 Å². The van der Waals surface area contributed by atoms with E-state index in [0.717, 1.165) is 43.7 Å². The predicted molar refractivity (Wildman–Crippen MR) is 127 cm³/mol. The zero-order chi connectivity index (χ0) is 22.8. The minimum Gasteiger partial charge on any atom is -0.351 e. The molecule has 0 bridgehead atoms. The number of benzene rings is 1. The highest BCUT2D eigenvalue weighted by atomic mass is 16.2. The molecule has 3 aliphatic rings. The number of nitrogens with one attached hydrogen (secondary N) is 1. The highest BCUT2D eigenvalue weighted by Gasteiger charge is 2.33. The first-order chi connectivity index (χ1) is 16.1. The first kappa shape index (κ1) is 22.1. The summed E-state index contributed by atoms with van der Waals surface area (Å²) in [5, 5.41) is 7.60. The van der Waals surface area contributed by atoms with Crippen molar-refractivity contribution in [1.82, 2.24) is 24.9 Å². The predicted octanol–water partition coefficient (Wildman–Crippen LogP) is 2.81. The van der Waals surface area contributed by atoms with Crippen LogP contribution in [0.3, 0.4) is 0 Å². The summed E-state index contributed by atoms with van der Waals surface area (Å²) in [6.45, 7) is 6.92. The largest absolute Gasteiger partial charge is 0.351 e. The summed E-state index contributed by atoms with van der Waals surface area (Å²) in [5.74, 6) is 1.21. The Morgan fingerprint density at radius 1 is 1.12 bits per heavy atom. The fraction of sp³-hybridized carbons (Fsp3) is 0.577. The van der Waals surface area contributed by atoms with Crippen LogP contribution >= 0.6 is 0 Å². The molecule has 5 rings (SSSR count). The minimum atomic E-state index is -0.126. The first-order valence-corrected chi connectivity index (χ1v) is 12.5. The smallest absolute Gasteiger partial charge is 0.272 e. The molecule has 2 aromatic rings. The fourth-order valence-corrected chi connectivity index (χ4v) is 5.31. The number of piperidine rings is 1. The van der Waals surface area contributed by atoms with E-state index in [-0.39, 0.29) is 11.8 Å². The number of carbonyl (C=O) groups excluding carboxylic acids is 2. The third kappa shape index (κ3) is 4.98. The van der Waals surface area contributed by atoms with Gasteiger partial charge in [-0.2, -0.15) is 5.10 Å². The lowest BCUT2D eigenvalue weighted by atomic mass is 9.90. The molecule has 1 unspecified atom stereocenters. The summed E-state index contributed by atoms with van der Waals surface area (Å²) in [7, 11) is 0. The van der Waals surface area contributed by atoms with Crippen LogP contribution < -0.4 is 5.32 Å². The van der Waals surface area contributed by atoms with Crippen LogP contribution in [-0.4, -0.2) is 64.1 Å². The van der Waals surface area contributed by atoms with Gasteiger partial charge in [0.25, 0.3) is 5.91 Å². The number of hydrogen-bond donors (Lipinski definition) is 1. The molecule has 2 fully saturated rings. The molecule has 176 valence electrons. The second kappa shape index (κ2) is 9.67. The lowest BCUT2D eigenvalue weighted by molar-refractivity contribution is -0.133. The molecule has 7 heteroatoms. The Morgan fingerprint density at radius 3 is 2.70 bits per heavy atom. The molecule has 1 aliphatic carbocycles. The van der Waals surface area contributed by atoms with Crippen LogP contribution in [0.4, 0.5) is 0 Å². The monoisotopic (exact) mass is 449 g/mol. The molecule has 1 N–H and O–H groups in total. The second-order valence-corrected chi connectivity index (χ2v) is 9.81. The van der Waals surface area contributed by atoms with Crippen LogP contribution in [0.15, 0.2) is 30.3 Å². The van der Waals surface area contributed by atoms with E-state index in [1.807, 2.05) is 11.8 Å². The normalized spacial score (nSPS) is 21.0. The Morgan fingerprint density at radius 2 is 1.94 bits per heavy atom. The number of hydrogen-bond acceptors (Lipinski definition) is 4. The van der Waals surface area contributed by atoms with Gasteiger partial charge in [-0.05, 0) is 56.6 Å². The third-order valence-electron chi connectivity index (χ3n) is 7.30. The standard InChI is InChI=1S/C26H35N5O2/c1-2-27-26(33)25-22-17-30(14-12-23(22)31(28-25)15-19-10-11-19)24(32)18-29-13-6-9-21(16-29)20-7-4-3-5-8-20/h3-5,7-8,19,21H,2,6,9-18H2,1H3,(H,27,33). The number of nitrogens with zero attached hydrogens (tertiary/aromatic N) is 4. The van der Waals surface area contributed by atoms with Crippen LogP contribution in [-0.2, 0) is 24.3 Å². The molecule has 0 spiro atoms. The van der Waals surface area contributed by atoms with Gasteiger partial charge in [0.2, 0.25) is 5.91 Å². The summed E-state index contributed by atoms with van der Waals surface area (Å²) in [6, 6.07) is 10.6. The maximum absolute atomic E-state index is 13.3. The van der Waals surface area contributed by atoms with Crippen molar-refractivity contribution in [3.63, 3.8) is 0 Å². The van der Waals surface area contributed by atoms with Crippen molar-refractivity contribution >= 4 is 11.8 Å². The Kier molecular flexibility index (Phi) is 6.49. The van der Waals surface area contributed by atoms with Gasteiger partial charge in [0, 0.05) is 50.4 Å². The maximum atomic E-state index is 13.3. The Balaban J connectivity index is 1.26. The number of rotatable bonds is 7. The van der Waals surface area contributed by atoms with Crippen LogP contribution in [0.25, 0.3) is 0 Å². The average Bonchev–Trinajstić information content (AvgIpc) is 3.59. The van der Waals surface area contributed by atoms with E-state index in [1.54, 1.807) is 0 Å². The molecule has 1 saturated carbocycles. The van der Waals surface area contributed by atoms with Gasteiger partial charge in [-0.15, -0.1) is 0 Å². The zero-order valence-corrected chi connectivity index (χ0v) is 19.6. The zero-order valence-electron chi connectivity index (χ0n) is 19.6. The van der Waals surface area contributed by atoms with Gasteiger partial charge in [0.15, 0.2) is 5.69 Å². The number of likely N-dealkylation sites (tertiary alicyclic amines) is 1. The van der Waals surface area contributed by atoms with Crippen LogP contribution in [0.5, 0.6) is 0 Å². The molecule has 1 atom stereocenters.